The summed E-state index contributed by atoms with van der Waals surface area (Å²) in [7, 11) is 0. The molecule has 1 aromatic carbocycles. The SMILES string of the molecule is Cc1ccn(CC2CCCNC2)c(=O)c1C(=O)N1CCN(Cc2ccc(F)cc2)CC1. The smallest absolute Gasteiger partial charge is 0.263 e. The van der Waals surface area contributed by atoms with Gasteiger partial charge in [0.2, 0.25) is 0 Å². The zero-order valence-electron chi connectivity index (χ0n) is 18.1. The molecule has 1 unspecified atom stereocenters. The molecule has 0 spiro atoms. The van der Waals surface area contributed by atoms with E-state index in [1.54, 1.807) is 21.6 Å². The maximum absolute atomic E-state index is 13.2. The van der Waals surface area contributed by atoms with Crippen LogP contribution in [0.2, 0.25) is 0 Å². The Balaban J connectivity index is 1.40. The Bertz CT molecular complexity index is 959. The number of carbonyl (C=O) groups is 1. The van der Waals surface area contributed by atoms with Gasteiger partial charge in [-0.2, -0.15) is 0 Å². The quantitative estimate of drug-likeness (QED) is 0.797. The van der Waals surface area contributed by atoms with Crippen LogP contribution in [0.4, 0.5) is 4.39 Å². The Morgan fingerprint density at radius 2 is 1.87 bits per heavy atom. The van der Waals surface area contributed by atoms with Crippen LogP contribution >= 0.6 is 0 Å². The number of piperidine rings is 1. The van der Waals surface area contributed by atoms with E-state index in [9.17, 15) is 14.0 Å². The topological polar surface area (TPSA) is 57.6 Å². The first-order valence-corrected chi connectivity index (χ1v) is 11.2. The Morgan fingerprint density at radius 1 is 1.13 bits per heavy atom. The molecule has 0 saturated carbocycles. The number of carbonyl (C=O) groups excluding carboxylic acids is 1. The van der Waals surface area contributed by atoms with Crippen molar-refractivity contribution in [2.24, 2.45) is 5.92 Å². The monoisotopic (exact) mass is 426 g/mol. The summed E-state index contributed by atoms with van der Waals surface area (Å²) >= 11 is 0. The molecule has 166 valence electrons. The third-order valence-electron chi connectivity index (χ3n) is 6.42. The summed E-state index contributed by atoms with van der Waals surface area (Å²) in [4.78, 5) is 30.4. The van der Waals surface area contributed by atoms with E-state index in [-0.39, 0.29) is 17.3 Å². The van der Waals surface area contributed by atoms with Crippen LogP contribution in [0.5, 0.6) is 0 Å². The van der Waals surface area contributed by atoms with Gasteiger partial charge >= 0.3 is 0 Å². The standard InChI is InChI=1S/C24H31FN4O2/c1-18-8-10-29(17-20-3-2-9-26-15-20)24(31)22(18)23(30)28-13-11-27(12-14-28)16-19-4-6-21(25)7-5-19/h4-8,10,20,26H,2-3,9,11-17H2,1H3. The number of pyridine rings is 1. The average molecular weight is 427 g/mol. The first-order chi connectivity index (χ1) is 15.0. The number of benzene rings is 1. The minimum atomic E-state index is -0.234. The van der Waals surface area contributed by atoms with Crippen LogP contribution in [-0.2, 0) is 13.1 Å². The van der Waals surface area contributed by atoms with Gasteiger partial charge in [-0.15, -0.1) is 0 Å². The third kappa shape index (κ3) is 5.22. The van der Waals surface area contributed by atoms with E-state index in [0.29, 0.717) is 31.1 Å². The number of hydrogen-bond acceptors (Lipinski definition) is 4. The van der Waals surface area contributed by atoms with Crippen molar-refractivity contribution in [2.75, 3.05) is 39.3 Å². The van der Waals surface area contributed by atoms with Crippen LogP contribution in [0.25, 0.3) is 0 Å². The van der Waals surface area contributed by atoms with Crippen molar-refractivity contribution in [3.63, 3.8) is 0 Å². The molecule has 2 aromatic rings. The summed E-state index contributed by atoms with van der Waals surface area (Å²) in [5.41, 5.74) is 1.92. The molecule has 1 aromatic heterocycles. The van der Waals surface area contributed by atoms with Crippen LogP contribution < -0.4 is 10.9 Å². The second kappa shape index (κ2) is 9.75. The molecule has 4 rings (SSSR count). The van der Waals surface area contributed by atoms with Crippen molar-refractivity contribution in [3.05, 3.63) is 69.4 Å². The maximum Gasteiger partial charge on any atom is 0.263 e. The molecular formula is C24H31FN4O2. The van der Waals surface area contributed by atoms with Crippen LogP contribution in [0, 0.1) is 18.7 Å². The molecule has 3 heterocycles. The van der Waals surface area contributed by atoms with Gasteiger partial charge in [-0.05, 0) is 68.1 Å². The van der Waals surface area contributed by atoms with Gasteiger partial charge in [0.15, 0.2) is 0 Å². The molecule has 2 saturated heterocycles. The van der Waals surface area contributed by atoms with E-state index in [0.717, 1.165) is 56.7 Å². The summed E-state index contributed by atoms with van der Waals surface area (Å²) in [6, 6.07) is 8.42. The number of aromatic nitrogens is 1. The summed E-state index contributed by atoms with van der Waals surface area (Å²) in [5, 5.41) is 3.39. The number of nitrogens with one attached hydrogen (secondary N) is 1. The van der Waals surface area contributed by atoms with Crippen molar-refractivity contribution in [3.8, 4) is 0 Å². The normalized spacial score (nSPS) is 20.1. The molecule has 0 radical (unpaired) electrons. The zero-order valence-corrected chi connectivity index (χ0v) is 18.1. The van der Waals surface area contributed by atoms with Crippen molar-refractivity contribution < 1.29 is 9.18 Å². The lowest BCUT2D eigenvalue weighted by atomic mass is 9.99. The van der Waals surface area contributed by atoms with Gasteiger partial charge in [0, 0.05) is 45.5 Å². The van der Waals surface area contributed by atoms with Gasteiger partial charge in [0.05, 0.1) is 0 Å². The summed E-state index contributed by atoms with van der Waals surface area (Å²) in [6.45, 7) is 7.81. The Labute approximate surface area is 182 Å². The number of rotatable bonds is 5. The highest BCUT2D eigenvalue weighted by Crippen LogP contribution is 2.15. The molecule has 0 bridgehead atoms. The minimum absolute atomic E-state index is 0.167. The lowest BCUT2D eigenvalue weighted by Gasteiger charge is -2.35. The highest BCUT2D eigenvalue weighted by Gasteiger charge is 2.26. The molecule has 31 heavy (non-hydrogen) atoms. The van der Waals surface area contributed by atoms with E-state index in [4.69, 9.17) is 0 Å². The first kappa shape index (κ1) is 21.7. The lowest BCUT2D eigenvalue weighted by Crippen LogP contribution is -2.49. The molecule has 1 atom stereocenters. The summed E-state index contributed by atoms with van der Waals surface area (Å²) in [6.07, 6.45) is 4.05. The number of amides is 1. The average Bonchev–Trinajstić information content (AvgIpc) is 2.78. The fourth-order valence-corrected chi connectivity index (χ4v) is 4.54. The fraction of sp³-hybridized carbons (Fsp3) is 0.500. The number of nitrogens with zero attached hydrogens (tertiary/aromatic N) is 3. The van der Waals surface area contributed by atoms with E-state index in [1.807, 2.05) is 19.2 Å². The molecule has 2 aliphatic heterocycles. The van der Waals surface area contributed by atoms with Crippen LogP contribution in [0.1, 0.15) is 34.3 Å². The molecule has 1 N–H and O–H groups in total. The summed E-state index contributed by atoms with van der Waals surface area (Å²) < 4.78 is 14.8. The van der Waals surface area contributed by atoms with Crippen molar-refractivity contribution in [2.45, 2.75) is 32.9 Å². The molecule has 2 fully saturated rings. The molecule has 6 nitrogen and oxygen atoms in total. The van der Waals surface area contributed by atoms with Crippen LogP contribution in [0.3, 0.4) is 0 Å². The van der Waals surface area contributed by atoms with E-state index in [1.165, 1.54) is 12.1 Å². The highest BCUT2D eigenvalue weighted by molar-refractivity contribution is 5.95. The number of hydrogen-bond donors (Lipinski definition) is 1. The Kier molecular flexibility index (Phi) is 6.83. The molecule has 0 aliphatic carbocycles. The van der Waals surface area contributed by atoms with Crippen molar-refractivity contribution in [1.29, 1.82) is 0 Å². The zero-order chi connectivity index (χ0) is 21.8. The minimum Gasteiger partial charge on any atom is -0.336 e. The maximum atomic E-state index is 13.2. The first-order valence-electron chi connectivity index (χ1n) is 11.2. The number of halogens is 1. The predicted molar refractivity (Wildman–Crippen MR) is 119 cm³/mol. The number of aryl methyl sites for hydroxylation is 1. The third-order valence-corrected chi connectivity index (χ3v) is 6.42. The summed E-state index contributed by atoms with van der Waals surface area (Å²) in [5.74, 6) is 0.0231. The fourth-order valence-electron chi connectivity index (χ4n) is 4.54. The largest absolute Gasteiger partial charge is 0.336 e. The molecule has 7 heteroatoms. The van der Waals surface area contributed by atoms with Gasteiger partial charge in [0.25, 0.3) is 11.5 Å². The van der Waals surface area contributed by atoms with Gasteiger partial charge in [0.1, 0.15) is 11.4 Å². The van der Waals surface area contributed by atoms with Crippen LogP contribution in [0.15, 0.2) is 41.3 Å². The van der Waals surface area contributed by atoms with E-state index in [2.05, 4.69) is 10.2 Å². The Hall–Kier alpha value is -2.51. The molecular weight excluding hydrogens is 395 g/mol. The second-order valence-electron chi connectivity index (χ2n) is 8.74. The molecule has 2 aliphatic rings. The van der Waals surface area contributed by atoms with E-state index >= 15 is 0 Å². The molecule has 1 amide bonds. The van der Waals surface area contributed by atoms with Gasteiger partial charge < -0.3 is 14.8 Å². The number of piperazine rings is 1. The highest BCUT2D eigenvalue weighted by atomic mass is 19.1. The van der Waals surface area contributed by atoms with Crippen molar-refractivity contribution in [1.82, 2.24) is 19.7 Å². The van der Waals surface area contributed by atoms with Gasteiger partial charge in [-0.1, -0.05) is 12.1 Å². The Morgan fingerprint density at radius 3 is 2.55 bits per heavy atom. The van der Waals surface area contributed by atoms with Crippen LogP contribution in [-0.4, -0.2) is 59.5 Å². The second-order valence-corrected chi connectivity index (χ2v) is 8.74. The van der Waals surface area contributed by atoms with Crippen molar-refractivity contribution >= 4 is 5.91 Å². The van der Waals surface area contributed by atoms with Gasteiger partial charge in [-0.25, -0.2) is 4.39 Å². The lowest BCUT2D eigenvalue weighted by molar-refractivity contribution is 0.0625. The van der Waals surface area contributed by atoms with E-state index < -0.39 is 0 Å². The van der Waals surface area contributed by atoms with Gasteiger partial charge in [-0.3, -0.25) is 14.5 Å². The predicted octanol–water partition coefficient (Wildman–Crippen LogP) is 2.25.